The predicted octanol–water partition coefficient (Wildman–Crippen LogP) is 3.76. The molecule has 6 heteroatoms. The number of hydrogen-bond donors (Lipinski definition) is 1. The lowest BCUT2D eigenvalue weighted by Gasteiger charge is -2.34. The molecule has 132 valence electrons. The zero-order chi connectivity index (χ0) is 17.1. The molecule has 2 amide bonds. The number of carbonyl (C=O) groups is 1. The van der Waals surface area contributed by atoms with Crippen LogP contribution in [0.5, 0.6) is 0 Å². The Hall–Kier alpha value is -2.34. The second-order valence-electron chi connectivity index (χ2n) is 6.74. The summed E-state index contributed by atoms with van der Waals surface area (Å²) in [5.41, 5.74) is 2.56. The number of rotatable bonds is 3. The first-order chi connectivity index (χ1) is 12.3. The molecule has 1 N–H and O–H groups in total. The highest BCUT2D eigenvalue weighted by Crippen LogP contribution is 2.31. The molecule has 4 rings (SSSR count). The summed E-state index contributed by atoms with van der Waals surface area (Å²) < 4.78 is 10.3. The van der Waals surface area contributed by atoms with Crippen molar-refractivity contribution in [3.05, 3.63) is 36.6 Å². The molecule has 1 aromatic carbocycles. The van der Waals surface area contributed by atoms with Gasteiger partial charge in [0, 0.05) is 43.1 Å². The molecule has 1 unspecified atom stereocenters. The van der Waals surface area contributed by atoms with Crippen molar-refractivity contribution in [3.8, 4) is 11.3 Å². The van der Waals surface area contributed by atoms with Crippen LogP contribution in [-0.2, 0) is 4.74 Å². The van der Waals surface area contributed by atoms with Crippen LogP contribution in [0.1, 0.15) is 25.7 Å². The molecule has 2 fully saturated rings. The van der Waals surface area contributed by atoms with Crippen LogP contribution in [0.3, 0.4) is 0 Å². The number of nitrogens with zero attached hydrogens (tertiary/aromatic N) is 2. The minimum atomic E-state index is 0.00294. The van der Waals surface area contributed by atoms with Crippen LogP contribution in [0.2, 0.25) is 0 Å². The van der Waals surface area contributed by atoms with Crippen LogP contribution in [0.4, 0.5) is 10.5 Å². The zero-order valence-electron chi connectivity index (χ0n) is 14.2. The summed E-state index contributed by atoms with van der Waals surface area (Å²) in [4.78, 5) is 14.8. The third-order valence-corrected chi connectivity index (χ3v) is 5.24. The minimum Gasteiger partial charge on any atom is -0.381 e. The number of likely N-dealkylation sites (tertiary alicyclic amines) is 1. The molecular weight excluding hydrogens is 318 g/mol. The molecule has 25 heavy (non-hydrogen) atoms. The van der Waals surface area contributed by atoms with Crippen molar-refractivity contribution in [3.63, 3.8) is 0 Å². The molecule has 0 saturated carbocycles. The molecular formula is C19H23N3O3. The minimum absolute atomic E-state index is 0.00294. The van der Waals surface area contributed by atoms with Crippen LogP contribution in [0.15, 0.2) is 41.1 Å². The van der Waals surface area contributed by atoms with Crippen molar-refractivity contribution in [2.75, 3.05) is 25.1 Å². The average molecular weight is 341 g/mol. The number of anilines is 1. The van der Waals surface area contributed by atoms with Crippen LogP contribution >= 0.6 is 0 Å². The number of aromatic nitrogens is 1. The maximum absolute atomic E-state index is 12.7. The molecule has 0 bridgehead atoms. The maximum atomic E-state index is 12.7. The van der Waals surface area contributed by atoms with E-state index in [-0.39, 0.29) is 6.03 Å². The highest BCUT2D eigenvalue weighted by Gasteiger charge is 2.35. The number of ether oxygens (including phenoxy) is 1. The summed E-state index contributed by atoms with van der Waals surface area (Å²) in [7, 11) is 0. The summed E-state index contributed by atoms with van der Waals surface area (Å²) in [6.07, 6.45) is 5.85. The lowest BCUT2D eigenvalue weighted by atomic mass is 9.90. The summed E-state index contributed by atoms with van der Waals surface area (Å²) in [6.45, 7) is 2.48. The van der Waals surface area contributed by atoms with Gasteiger partial charge in [0.2, 0.25) is 0 Å². The van der Waals surface area contributed by atoms with Crippen molar-refractivity contribution in [1.82, 2.24) is 10.1 Å². The number of hydrogen-bond acceptors (Lipinski definition) is 4. The van der Waals surface area contributed by atoms with Gasteiger partial charge in [0.15, 0.2) is 0 Å². The highest BCUT2D eigenvalue weighted by molar-refractivity contribution is 5.90. The fourth-order valence-electron chi connectivity index (χ4n) is 3.92. The third kappa shape index (κ3) is 3.54. The van der Waals surface area contributed by atoms with Crippen molar-refractivity contribution < 1.29 is 14.1 Å². The van der Waals surface area contributed by atoms with Crippen LogP contribution in [-0.4, -0.2) is 41.9 Å². The average Bonchev–Trinajstić information content (AvgIpc) is 3.35. The summed E-state index contributed by atoms with van der Waals surface area (Å²) in [6, 6.07) is 9.85. The number of nitrogens with one attached hydrogen (secondary N) is 1. The molecule has 0 aliphatic carbocycles. The Bertz CT molecular complexity index is 693. The zero-order valence-corrected chi connectivity index (χ0v) is 14.2. The van der Waals surface area contributed by atoms with Crippen LogP contribution < -0.4 is 5.32 Å². The first-order valence-electron chi connectivity index (χ1n) is 8.97. The Balaban J connectivity index is 1.40. The number of carbonyl (C=O) groups excluding carboxylic acids is 1. The number of amides is 2. The van der Waals surface area contributed by atoms with Gasteiger partial charge in [0.05, 0.1) is 0 Å². The van der Waals surface area contributed by atoms with Gasteiger partial charge in [-0.2, -0.15) is 0 Å². The van der Waals surface area contributed by atoms with Gasteiger partial charge in [-0.3, -0.25) is 0 Å². The van der Waals surface area contributed by atoms with E-state index in [0.29, 0.717) is 12.0 Å². The first-order valence-corrected chi connectivity index (χ1v) is 8.97. The molecule has 3 heterocycles. The Morgan fingerprint density at radius 3 is 2.64 bits per heavy atom. The molecule has 2 aliphatic heterocycles. The molecule has 2 saturated heterocycles. The Morgan fingerprint density at radius 2 is 1.92 bits per heavy atom. The second kappa shape index (κ2) is 7.27. The van der Waals surface area contributed by atoms with Crippen LogP contribution in [0, 0.1) is 5.92 Å². The van der Waals surface area contributed by atoms with Gasteiger partial charge in [-0.05, 0) is 43.7 Å². The van der Waals surface area contributed by atoms with Gasteiger partial charge in [0.1, 0.15) is 12.0 Å². The molecule has 0 spiro atoms. The molecule has 6 nitrogen and oxygen atoms in total. The van der Waals surface area contributed by atoms with E-state index in [1.54, 1.807) is 6.26 Å². The first kappa shape index (κ1) is 16.1. The van der Waals surface area contributed by atoms with E-state index in [1.165, 1.54) is 0 Å². The molecule has 2 aromatic rings. The smallest absolute Gasteiger partial charge is 0.322 e. The summed E-state index contributed by atoms with van der Waals surface area (Å²) >= 11 is 0. The molecule has 0 radical (unpaired) electrons. The maximum Gasteiger partial charge on any atom is 0.322 e. The van der Waals surface area contributed by atoms with Gasteiger partial charge in [-0.25, -0.2) is 4.79 Å². The lowest BCUT2D eigenvalue weighted by Crippen LogP contribution is -2.43. The second-order valence-corrected chi connectivity index (χ2v) is 6.74. The Labute approximate surface area is 147 Å². The highest BCUT2D eigenvalue weighted by atomic mass is 16.5. The van der Waals surface area contributed by atoms with E-state index in [0.717, 1.165) is 62.4 Å². The standard InChI is InChI=1S/C19H23N3O3/c23-19(22-10-1-2-18(22)15-7-11-24-12-8-15)20-16-5-3-14(4-6-16)17-9-13-25-21-17/h3-6,9,13,15,18H,1-2,7-8,10-12H2,(H,20,23). The van der Waals surface area contributed by atoms with Crippen molar-refractivity contribution in [2.24, 2.45) is 5.92 Å². The SMILES string of the molecule is O=C(Nc1ccc(-c2ccon2)cc1)N1CCCC1C1CCOCC1. The lowest BCUT2D eigenvalue weighted by molar-refractivity contribution is 0.0429. The largest absolute Gasteiger partial charge is 0.381 e. The summed E-state index contributed by atoms with van der Waals surface area (Å²) in [5, 5.41) is 6.96. The van der Waals surface area contributed by atoms with Gasteiger partial charge < -0.3 is 19.5 Å². The van der Waals surface area contributed by atoms with Crippen molar-refractivity contribution >= 4 is 11.7 Å². The molecule has 1 atom stereocenters. The van der Waals surface area contributed by atoms with Gasteiger partial charge in [0.25, 0.3) is 0 Å². The predicted molar refractivity (Wildman–Crippen MR) is 94.2 cm³/mol. The monoisotopic (exact) mass is 341 g/mol. The van der Waals surface area contributed by atoms with Gasteiger partial charge >= 0.3 is 6.03 Å². The van der Waals surface area contributed by atoms with Gasteiger partial charge in [-0.1, -0.05) is 17.3 Å². The van der Waals surface area contributed by atoms with Gasteiger partial charge in [-0.15, -0.1) is 0 Å². The van der Waals surface area contributed by atoms with E-state index in [2.05, 4.69) is 10.5 Å². The number of urea groups is 1. The fraction of sp³-hybridized carbons (Fsp3) is 0.474. The molecule has 2 aliphatic rings. The topological polar surface area (TPSA) is 67.6 Å². The van der Waals surface area contributed by atoms with E-state index in [9.17, 15) is 4.79 Å². The van der Waals surface area contributed by atoms with Crippen molar-refractivity contribution in [2.45, 2.75) is 31.7 Å². The van der Waals surface area contributed by atoms with E-state index >= 15 is 0 Å². The normalized spacial score (nSPS) is 21.4. The fourth-order valence-corrected chi connectivity index (χ4v) is 3.92. The Morgan fingerprint density at radius 1 is 1.12 bits per heavy atom. The van der Waals surface area contributed by atoms with E-state index in [1.807, 2.05) is 35.2 Å². The summed E-state index contributed by atoms with van der Waals surface area (Å²) in [5.74, 6) is 0.566. The quantitative estimate of drug-likeness (QED) is 0.923. The number of benzene rings is 1. The van der Waals surface area contributed by atoms with Crippen LogP contribution in [0.25, 0.3) is 11.3 Å². The Kier molecular flexibility index (Phi) is 4.70. The molecule has 1 aromatic heterocycles. The van der Waals surface area contributed by atoms with E-state index in [4.69, 9.17) is 9.26 Å². The van der Waals surface area contributed by atoms with E-state index < -0.39 is 0 Å². The third-order valence-electron chi connectivity index (χ3n) is 5.24. The van der Waals surface area contributed by atoms with Crippen molar-refractivity contribution in [1.29, 1.82) is 0 Å².